The van der Waals surface area contributed by atoms with Crippen LogP contribution in [0.15, 0.2) is 60.7 Å². The van der Waals surface area contributed by atoms with Crippen LogP contribution in [0.1, 0.15) is 17.0 Å². The van der Waals surface area contributed by atoms with Gasteiger partial charge in [0, 0.05) is 10.7 Å². The van der Waals surface area contributed by atoms with E-state index in [4.69, 9.17) is 27.9 Å². The summed E-state index contributed by atoms with van der Waals surface area (Å²) in [6.07, 6.45) is 0. The molecule has 0 aliphatic heterocycles. The molecule has 0 unspecified atom stereocenters. The van der Waals surface area contributed by atoms with Gasteiger partial charge in [0.25, 0.3) is 0 Å². The number of para-hydroxylation sites is 2. The van der Waals surface area contributed by atoms with Gasteiger partial charge in [-0.25, -0.2) is 4.98 Å². The first-order valence-corrected chi connectivity index (χ1v) is 10.6. The molecule has 0 bridgehead atoms. The first kappa shape index (κ1) is 21.2. The monoisotopic (exact) mass is 453 g/mol. The molecule has 0 spiro atoms. The molecule has 0 saturated heterocycles. The Hall–Kier alpha value is -3.02. The summed E-state index contributed by atoms with van der Waals surface area (Å²) in [5.74, 6) is 0.990. The molecule has 1 heterocycles. The zero-order chi connectivity index (χ0) is 22.0. The largest absolute Gasteiger partial charge is 0.484 e. The van der Waals surface area contributed by atoms with Gasteiger partial charge < -0.3 is 14.6 Å². The third-order valence-electron chi connectivity index (χ3n) is 5.08. The molecule has 1 amide bonds. The normalized spacial score (nSPS) is 11.0. The molecule has 0 saturated carbocycles. The lowest BCUT2D eigenvalue weighted by Gasteiger charge is -2.12. The third-order valence-corrected chi connectivity index (χ3v) is 5.61. The molecule has 3 aromatic carbocycles. The summed E-state index contributed by atoms with van der Waals surface area (Å²) in [5, 5.41) is 3.92. The van der Waals surface area contributed by atoms with Crippen molar-refractivity contribution in [2.75, 3.05) is 5.32 Å². The van der Waals surface area contributed by atoms with E-state index in [1.807, 2.05) is 60.9 Å². The second-order valence-electron chi connectivity index (χ2n) is 7.31. The van der Waals surface area contributed by atoms with Crippen LogP contribution in [0.3, 0.4) is 0 Å². The van der Waals surface area contributed by atoms with E-state index in [0.29, 0.717) is 21.6 Å². The standard InChI is InChI=1S/C24H21Cl2N3O2/c1-15-7-9-18(11-16(15)2)27-24(30)13-29-21-6-4-3-5-20(21)28-23(29)14-31-22-10-8-17(25)12-19(22)26/h3-12H,13-14H2,1-2H3,(H,27,30). The number of benzene rings is 3. The molecule has 0 aliphatic rings. The third kappa shape index (κ3) is 4.84. The fourth-order valence-electron chi connectivity index (χ4n) is 3.31. The van der Waals surface area contributed by atoms with Gasteiger partial charge in [-0.3, -0.25) is 4.79 Å². The van der Waals surface area contributed by atoms with Crippen molar-refractivity contribution < 1.29 is 9.53 Å². The molecule has 0 radical (unpaired) electrons. The highest BCUT2D eigenvalue weighted by molar-refractivity contribution is 6.35. The molecule has 0 fully saturated rings. The molecule has 158 valence electrons. The van der Waals surface area contributed by atoms with Crippen molar-refractivity contribution in [1.29, 1.82) is 0 Å². The lowest BCUT2D eigenvalue weighted by atomic mass is 10.1. The Morgan fingerprint density at radius 3 is 2.61 bits per heavy atom. The average Bonchev–Trinajstić information content (AvgIpc) is 3.07. The van der Waals surface area contributed by atoms with Crippen molar-refractivity contribution in [3.8, 4) is 5.75 Å². The van der Waals surface area contributed by atoms with E-state index in [1.165, 1.54) is 5.56 Å². The molecule has 4 rings (SSSR count). The van der Waals surface area contributed by atoms with Gasteiger partial charge in [0.05, 0.1) is 16.1 Å². The summed E-state index contributed by atoms with van der Waals surface area (Å²) in [6.45, 7) is 4.33. The molecular formula is C24H21Cl2N3O2. The van der Waals surface area contributed by atoms with Gasteiger partial charge in [-0.05, 0) is 67.4 Å². The van der Waals surface area contributed by atoms with Gasteiger partial charge in [-0.15, -0.1) is 0 Å². The van der Waals surface area contributed by atoms with Crippen LogP contribution in [0.25, 0.3) is 11.0 Å². The van der Waals surface area contributed by atoms with Crippen molar-refractivity contribution in [1.82, 2.24) is 9.55 Å². The van der Waals surface area contributed by atoms with E-state index < -0.39 is 0 Å². The van der Waals surface area contributed by atoms with E-state index in [9.17, 15) is 4.79 Å². The second kappa shape index (κ2) is 9.00. The van der Waals surface area contributed by atoms with Gasteiger partial charge in [0.1, 0.15) is 24.7 Å². The maximum Gasteiger partial charge on any atom is 0.244 e. The second-order valence-corrected chi connectivity index (χ2v) is 8.16. The summed E-state index contributed by atoms with van der Waals surface area (Å²) in [7, 11) is 0. The van der Waals surface area contributed by atoms with Crippen LogP contribution < -0.4 is 10.1 Å². The first-order chi connectivity index (χ1) is 14.9. The highest BCUT2D eigenvalue weighted by Crippen LogP contribution is 2.28. The maximum absolute atomic E-state index is 12.8. The van der Waals surface area contributed by atoms with Crippen molar-refractivity contribution >= 4 is 45.8 Å². The van der Waals surface area contributed by atoms with Crippen LogP contribution >= 0.6 is 23.2 Å². The van der Waals surface area contributed by atoms with E-state index in [0.717, 1.165) is 22.3 Å². The molecule has 1 aromatic heterocycles. The Labute approximate surface area is 190 Å². The lowest BCUT2D eigenvalue weighted by Crippen LogP contribution is -2.21. The van der Waals surface area contributed by atoms with Crippen molar-refractivity contribution in [2.45, 2.75) is 27.0 Å². The molecule has 7 heteroatoms. The predicted octanol–water partition coefficient (Wildman–Crippen LogP) is 6.18. The zero-order valence-corrected chi connectivity index (χ0v) is 18.7. The number of hydrogen-bond acceptors (Lipinski definition) is 3. The molecule has 31 heavy (non-hydrogen) atoms. The summed E-state index contributed by atoms with van der Waals surface area (Å²) in [6, 6.07) is 18.6. The number of anilines is 1. The molecule has 4 aromatic rings. The summed E-state index contributed by atoms with van der Waals surface area (Å²) in [5.41, 5.74) is 4.72. The molecule has 1 N–H and O–H groups in total. The fraction of sp³-hybridized carbons (Fsp3) is 0.167. The number of rotatable bonds is 6. The SMILES string of the molecule is Cc1ccc(NC(=O)Cn2c(COc3ccc(Cl)cc3Cl)nc3ccccc32)cc1C. The minimum absolute atomic E-state index is 0.112. The highest BCUT2D eigenvalue weighted by atomic mass is 35.5. The van der Waals surface area contributed by atoms with Gasteiger partial charge in [-0.2, -0.15) is 0 Å². The topological polar surface area (TPSA) is 56.2 Å². The van der Waals surface area contributed by atoms with Gasteiger partial charge in [0.2, 0.25) is 5.91 Å². The Morgan fingerprint density at radius 2 is 1.84 bits per heavy atom. The number of aromatic nitrogens is 2. The lowest BCUT2D eigenvalue weighted by molar-refractivity contribution is -0.116. The van der Waals surface area contributed by atoms with Crippen molar-refractivity contribution in [3.05, 3.63) is 87.7 Å². The van der Waals surface area contributed by atoms with Crippen LogP contribution in [0.5, 0.6) is 5.75 Å². The van der Waals surface area contributed by atoms with E-state index >= 15 is 0 Å². The quantitative estimate of drug-likeness (QED) is 0.379. The number of hydrogen-bond donors (Lipinski definition) is 1. The number of fused-ring (bicyclic) bond motifs is 1. The minimum atomic E-state index is -0.141. The Bertz CT molecular complexity index is 1270. The zero-order valence-electron chi connectivity index (χ0n) is 17.2. The average molecular weight is 454 g/mol. The molecule has 0 atom stereocenters. The van der Waals surface area contributed by atoms with Crippen LogP contribution in [0, 0.1) is 13.8 Å². The Morgan fingerprint density at radius 1 is 1.03 bits per heavy atom. The Balaban J connectivity index is 1.57. The number of nitrogens with one attached hydrogen (secondary N) is 1. The fourth-order valence-corrected chi connectivity index (χ4v) is 3.77. The molecular weight excluding hydrogens is 433 g/mol. The predicted molar refractivity (Wildman–Crippen MR) is 125 cm³/mol. The molecule has 0 aliphatic carbocycles. The maximum atomic E-state index is 12.8. The van der Waals surface area contributed by atoms with Gasteiger partial charge >= 0.3 is 0 Å². The summed E-state index contributed by atoms with van der Waals surface area (Å²) < 4.78 is 7.73. The summed E-state index contributed by atoms with van der Waals surface area (Å²) >= 11 is 12.2. The number of ether oxygens (including phenoxy) is 1. The number of carbonyl (C=O) groups is 1. The number of halogens is 2. The van der Waals surface area contributed by atoms with Crippen LogP contribution in [0.2, 0.25) is 10.0 Å². The number of amides is 1. The van der Waals surface area contributed by atoms with Gasteiger partial charge in [0.15, 0.2) is 0 Å². The summed E-state index contributed by atoms with van der Waals surface area (Å²) in [4.78, 5) is 17.5. The Kier molecular flexibility index (Phi) is 6.16. The van der Waals surface area contributed by atoms with Crippen molar-refractivity contribution in [3.63, 3.8) is 0 Å². The number of imidazole rings is 1. The van der Waals surface area contributed by atoms with E-state index in [2.05, 4.69) is 10.3 Å². The first-order valence-electron chi connectivity index (χ1n) is 9.80. The van der Waals surface area contributed by atoms with Crippen LogP contribution in [-0.4, -0.2) is 15.5 Å². The highest BCUT2D eigenvalue weighted by Gasteiger charge is 2.15. The molecule has 5 nitrogen and oxygen atoms in total. The number of aryl methyl sites for hydroxylation is 2. The van der Waals surface area contributed by atoms with Crippen LogP contribution in [0.4, 0.5) is 5.69 Å². The number of nitrogens with zero attached hydrogens (tertiary/aromatic N) is 2. The minimum Gasteiger partial charge on any atom is -0.484 e. The van der Waals surface area contributed by atoms with Gasteiger partial charge in [-0.1, -0.05) is 41.4 Å². The smallest absolute Gasteiger partial charge is 0.244 e. The number of carbonyl (C=O) groups excluding carboxylic acids is 1. The van der Waals surface area contributed by atoms with Crippen molar-refractivity contribution in [2.24, 2.45) is 0 Å². The van der Waals surface area contributed by atoms with Crippen LogP contribution in [-0.2, 0) is 17.9 Å². The van der Waals surface area contributed by atoms with E-state index in [-0.39, 0.29) is 19.1 Å². The van der Waals surface area contributed by atoms with E-state index in [1.54, 1.807) is 18.2 Å².